The summed E-state index contributed by atoms with van der Waals surface area (Å²) in [7, 11) is 4.71. The number of likely N-dealkylation sites (tertiary alicyclic amines) is 2. The van der Waals surface area contributed by atoms with E-state index in [4.69, 9.17) is 14.2 Å². The highest BCUT2D eigenvalue weighted by Crippen LogP contribution is 2.38. The van der Waals surface area contributed by atoms with Crippen LogP contribution in [0.15, 0.2) is 72.9 Å². The van der Waals surface area contributed by atoms with Crippen molar-refractivity contribution in [3.63, 3.8) is 0 Å². The Kier molecular flexibility index (Phi) is 12.1. The molecule has 2 aliphatic rings. The molecule has 2 fully saturated rings. The first-order valence-corrected chi connectivity index (χ1v) is 18.7. The third-order valence-corrected chi connectivity index (χ3v) is 10.6. The Balaban J connectivity index is 1.22. The molecule has 4 atom stereocenters. The highest BCUT2D eigenvalue weighted by molar-refractivity contribution is 5.95. The predicted molar refractivity (Wildman–Crippen MR) is 206 cm³/mol. The largest absolute Gasteiger partial charge is 0.497 e. The summed E-state index contributed by atoms with van der Waals surface area (Å²) in [5.41, 5.74) is 3.32. The lowest BCUT2D eigenvalue weighted by molar-refractivity contribution is -0.140. The summed E-state index contributed by atoms with van der Waals surface area (Å²) in [6, 6.07) is 20.1. The van der Waals surface area contributed by atoms with Crippen molar-refractivity contribution in [1.82, 2.24) is 25.4 Å². The first kappa shape index (κ1) is 38.2. The SMILES string of the molecule is CNC(=O)[C@H](CCCc1ccccc1)NC(=O)C1CN(C(=O)Cc2c[nH]c3cc(OC)ccc23)CC2CN(C(=O)c3ccc(OC(C)C)c(OC)c3)CC21. The lowest BCUT2D eigenvalue weighted by Gasteiger charge is -2.40. The van der Waals surface area contributed by atoms with Crippen LogP contribution in [0.2, 0.25) is 0 Å². The number of rotatable bonds is 14. The molecule has 3 aromatic carbocycles. The van der Waals surface area contributed by atoms with E-state index in [9.17, 15) is 19.2 Å². The zero-order chi connectivity index (χ0) is 38.4. The van der Waals surface area contributed by atoms with Crippen LogP contribution >= 0.6 is 0 Å². The van der Waals surface area contributed by atoms with Gasteiger partial charge in [-0.1, -0.05) is 30.3 Å². The van der Waals surface area contributed by atoms with E-state index in [2.05, 4.69) is 15.6 Å². The predicted octanol–water partition coefficient (Wildman–Crippen LogP) is 4.62. The average Bonchev–Trinajstić information content (AvgIpc) is 3.80. The monoisotopic (exact) mass is 737 g/mol. The van der Waals surface area contributed by atoms with Crippen LogP contribution in [-0.2, 0) is 27.2 Å². The smallest absolute Gasteiger partial charge is 0.254 e. The number of carbonyl (C=O) groups excluding carboxylic acids is 4. The van der Waals surface area contributed by atoms with Crippen LogP contribution in [-0.4, -0.2) is 98.0 Å². The van der Waals surface area contributed by atoms with E-state index < -0.39 is 12.0 Å². The molecule has 54 heavy (non-hydrogen) atoms. The second-order valence-corrected chi connectivity index (χ2v) is 14.5. The summed E-state index contributed by atoms with van der Waals surface area (Å²) >= 11 is 0. The van der Waals surface area contributed by atoms with Crippen molar-refractivity contribution in [2.45, 2.75) is 51.7 Å². The first-order chi connectivity index (χ1) is 26.1. The van der Waals surface area contributed by atoms with Crippen molar-refractivity contribution in [1.29, 1.82) is 0 Å². The number of hydrogen-bond donors (Lipinski definition) is 3. The number of aromatic amines is 1. The van der Waals surface area contributed by atoms with Crippen LogP contribution < -0.4 is 24.8 Å². The lowest BCUT2D eigenvalue weighted by Crippen LogP contribution is -2.56. The zero-order valence-electron chi connectivity index (χ0n) is 31.7. The summed E-state index contributed by atoms with van der Waals surface area (Å²) in [6.07, 6.45) is 3.84. The van der Waals surface area contributed by atoms with Gasteiger partial charge in [-0.2, -0.15) is 0 Å². The Labute approximate surface area is 316 Å². The number of ether oxygens (including phenoxy) is 3. The maximum atomic E-state index is 14.3. The maximum Gasteiger partial charge on any atom is 0.254 e. The molecule has 0 bridgehead atoms. The Morgan fingerprint density at radius 2 is 1.67 bits per heavy atom. The zero-order valence-corrected chi connectivity index (χ0v) is 31.7. The molecule has 4 amide bonds. The van der Waals surface area contributed by atoms with E-state index in [1.807, 2.05) is 68.6 Å². The fourth-order valence-corrected chi connectivity index (χ4v) is 7.85. The Morgan fingerprint density at radius 3 is 2.39 bits per heavy atom. The lowest BCUT2D eigenvalue weighted by atomic mass is 9.79. The Hall–Kier alpha value is -5.52. The number of aryl methyl sites for hydroxylation is 1. The first-order valence-electron chi connectivity index (χ1n) is 18.7. The van der Waals surface area contributed by atoms with Gasteiger partial charge in [-0.3, -0.25) is 19.2 Å². The minimum Gasteiger partial charge on any atom is -0.497 e. The van der Waals surface area contributed by atoms with Crippen LogP contribution in [0.25, 0.3) is 10.9 Å². The number of methoxy groups -OCH3 is 2. The molecule has 1 aromatic heterocycles. The fraction of sp³-hybridized carbons (Fsp3) is 0.429. The molecule has 0 saturated carbocycles. The minimum atomic E-state index is -0.739. The molecule has 2 aliphatic heterocycles. The van der Waals surface area contributed by atoms with Gasteiger partial charge in [-0.25, -0.2) is 0 Å². The van der Waals surface area contributed by atoms with Crippen LogP contribution in [0, 0.1) is 17.8 Å². The van der Waals surface area contributed by atoms with E-state index >= 15 is 0 Å². The van der Waals surface area contributed by atoms with Crippen LogP contribution in [0.5, 0.6) is 17.2 Å². The van der Waals surface area contributed by atoms with Crippen molar-refractivity contribution < 1.29 is 33.4 Å². The van der Waals surface area contributed by atoms with E-state index in [-0.39, 0.29) is 54.5 Å². The van der Waals surface area contributed by atoms with Crippen LogP contribution in [0.4, 0.5) is 0 Å². The summed E-state index contributed by atoms with van der Waals surface area (Å²) in [4.78, 5) is 62.2. The number of amides is 4. The van der Waals surface area contributed by atoms with Gasteiger partial charge in [0.15, 0.2) is 11.5 Å². The number of fused-ring (bicyclic) bond motifs is 2. The van der Waals surface area contributed by atoms with Gasteiger partial charge in [0.05, 0.1) is 32.7 Å². The number of hydrogen-bond acceptors (Lipinski definition) is 7. The molecule has 12 nitrogen and oxygen atoms in total. The van der Waals surface area contributed by atoms with Gasteiger partial charge in [0.1, 0.15) is 11.8 Å². The molecule has 0 radical (unpaired) electrons. The van der Waals surface area contributed by atoms with E-state index in [1.165, 1.54) is 7.11 Å². The number of nitrogens with zero attached hydrogens (tertiary/aromatic N) is 2. The van der Waals surface area contributed by atoms with Gasteiger partial charge >= 0.3 is 0 Å². The third-order valence-electron chi connectivity index (χ3n) is 10.6. The van der Waals surface area contributed by atoms with Gasteiger partial charge in [0.2, 0.25) is 17.7 Å². The highest BCUT2D eigenvalue weighted by Gasteiger charge is 2.48. The van der Waals surface area contributed by atoms with Gasteiger partial charge in [-0.15, -0.1) is 0 Å². The molecule has 12 heteroatoms. The molecule has 3 heterocycles. The van der Waals surface area contributed by atoms with Crippen molar-refractivity contribution in [3.8, 4) is 17.2 Å². The molecule has 0 aliphatic carbocycles. The normalized spacial score (nSPS) is 18.6. The number of benzene rings is 3. The summed E-state index contributed by atoms with van der Waals surface area (Å²) in [5.74, 6) is -0.108. The highest BCUT2D eigenvalue weighted by atomic mass is 16.5. The quantitative estimate of drug-likeness (QED) is 0.172. The van der Waals surface area contributed by atoms with Crippen molar-refractivity contribution in [2.75, 3.05) is 47.4 Å². The van der Waals surface area contributed by atoms with Gasteiger partial charge < -0.3 is 39.6 Å². The van der Waals surface area contributed by atoms with Gasteiger partial charge in [-0.05, 0) is 86.4 Å². The number of piperidine rings is 1. The standard InChI is InChI=1S/C42H51N5O7/c1-26(2)54-37-17-14-28(18-38(37)53-5)42(51)47-23-30-22-46(39(48)19-29-21-44-36-20-31(52-4)15-16-32(29)36)25-34(33(30)24-47)40(49)45-35(41(50)43-3)13-9-12-27-10-7-6-8-11-27/h6-8,10-11,14-18,20-21,26,30,33-35,44H,9,12-13,19,22-25H2,1-5H3,(H,43,50)(H,45,49)/t30?,33?,34?,35-/m0/s1. The summed E-state index contributed by atoms with van der Waals surface area (Å²) < 4.78 is 16.8. The molecule has 3 N–H and O–H groups in total. The second-order valence-electron chi connectivity index (χ2n) is 14.5. The minimum absolute atomic E-state index is 0.0674. The van der Waals surface area contributed by atoms with E-state index in [0.717, 1.165) is 28.5 Å². The van der Waals surface area contributed by atoms with E-state index in [0.29, 0.717) is 55.3 Å². The van der Waals surface area contributed by atoms with Crippen molar-refractivity contribution in [2.24, 2.45) is 17.8 Å². The summed E-state index contributed by atoms with van der Waals surface area (Å²) in [5, 5.41) is 6.68. The Morgan fingerprint density at radius 1 is 0.889 bits per heavy atom. The average molecular weight is 738 g/mol. The van der Waals surface area contributed by atoms with Crippen LogP contribution in [0.1, 0.15) is 48.2 Å². The molecule has 286 valence electrons. The van der Waals surface area contributed by atoms with E-state index in [1.54, 1.807) is 42.2 Å². The molecule has 6 rings (SSSR count). The number of carbonyl (C=O) groups is 4. The van der Waals surface area contributed by atoms with Crippen molar-refractivity contribution >= 4 is 34.5 Å². The third kappa shape index (κ3) is 8.64. The molecule has 0 spiro atoms. The molecule has 2 saturated heterocycles. The molecule has 3 unspecified atom stereocenters. The molecular weight excluding hydrogens is 686 g/mol. The van der Waals surface area contributed by atoms with Crippen molar-refractivity contribution in [3.05, 3.63) is 89.6 Å². The Bertz CT molecular complexity index is 1960. The summed E-state index contributed by atoms with van der Waals surface area (Å²) in [6.45, 7) is 5.16. The topological polar surface area (TPSA) is 142 Å². The number of H-pyrrole nitrogens is 1. The number of aromatic nitrogens is 1. The second kappa shape index (κ2) is 17.1. The van der Waals surface area contributed by atoms with Gasteiger partial charge in [0, 0.05) is 62.0 Å². The van der Waals surface area contributed by atoms with Gasteiger partial charge in [0.25, 0.3) is 5.91 Å². The maximum absolute atomic E-state index is 14.3. The number of likely N-dealkylation sites (N-methyl/N-ethyl adjacent to an activating group) is 1. The molecule has 4 aromatic rings. The fourth-order valence-electron chi connectivity index (χ4n) is 7.85. The molecular formula is C42H51N5O7. The number of nitrogens with one attached hydrogen (secondary N) is 3. The van der Waals surface area contributed by atoms with Crippen LogP contribution in [0.3, 0.4) is 0 Å².